The molecule has 0 fully saturated rings. The predicted molar refractivity (Wildman–Crippen MR) is 66.4 cm³/mol. The minimum absolute atomic E-state index is 0.110. The second-order valence-corrected chi connectivity index (χ2v) is 6.37. The summed E-state index contributed by atoms with van der Waals surface area (Å²) >= 11 is 0.844. The van der Waals surface area contributed by atoms with Crippen LogP contribution in [0.15, 0.2) is 34.7 Å². The molecule has 0 saturated heterocycles. The van der Waals surface area contributed by atoms with Crippen molar-refractivity contribution in [2.45, 2.75) is 4.34 Å². The smallest absolute Gasteiger partial charge is 0.293 e. The Morgan fingerprint density at radius 2 is 1.88 bits per heavy atom. The average Bonchev–Trinajstić information content (AvgIpc) is 2.77. The Hall–Kier alpha value is -1.67. The van der Waals surface area contributed by atoms with Crippen LogP contribution in [-0.2, 0) is 10.0 Å². The van der Waals surface area contributed by atoms with Crippen LogP contribution in [0.25, 0.3) is 0 Å². The molecule has 90 valence electrons. The largest absolute Gasteiger partial charge is 0.374 e. The molecular weight excluding hydrogens is 260 g/mol. The monoisotopic (exact) mass is 270 g/mol. The number of anilines is 2. The van der Waals surface area contributed by atoms with Crippen LogP contribution in [0.3, 0.4) is 0 Å². The lowest BCUT2D eigenvalue weighted by atomic mass is 10.3. The summed E-state index contributed by atoms with van der Waals surface area (Å²) in [6.45, 7) is 0. The maximum atomic E-state index is 12.1. The molecule has 2 aromatic rings. The topological polar surface area (TPSA) is 89.2 Å². The van der Waals surface area contributed by atoms with Crippen molar-refractivity contribution in [1.29, 1.82) is 0 Å². The minimum atomic E-state index is -3.67. The van der Waals surface area contributed by atoms with Gasteiger partial charge in [-0.3, -0.25) is 4.31 Å². The number of hydrogen-bond donors (Lipinski definition) is 1. The number of hydrogen-bond acceptors (Lipinski definition) is 6. The van der Waals surface area contributed by atoms with E-state index in [2.05, 4.69) is 10.2 Å². The first-order valence-corrected chi connectivity index (χ1v) is 6.90. The highest BCUT2D eigenvalue weighted by Gasteiger charge is 2.25. The van der Waals surface area contributed by atoms with Crippen LogP contribution in [0.4, 0.5) is 10.8 Å². The lowest BCUT2D eigenvalue weighted by Gasteiger charge is -2.16. The van der Waals surface area contributed by atoms with Gasteiger partial charge in [-0.05, 0) is 12.1 Å². The molecule has 8 heteroatoms. The van der Waals surface area contributed by atoms with Crippen molar-refractivity contribution in [3.8, 4) is 0 Å². The Morgan fingerprint density at radius 3 is 2.41 bits per heavy atom. The highest BCUT2D eigenvalue weighted by atomic mass is 32.2. The van der Waals surface area contributed by atoms with E-state index in [0.29, 0.717) is 5.69 Å². The number of nitrogen functional groups attached to an aromatic ring is 1. The van der Waals surface area contributed by atoms with Crippen molar-refractivity contribution < 1.29 is 8.42 Å². The molecule has 1 aromatic carbocycles. The molecular formula is C9H10N4O2S2. The zero-order chi connectivity index (χ0) is 12.5. The second kappa shape index (κ2) is 4.30. The highest BCUT2D eigenvalue weighted by molar-refractivity contribution is 7.94. The van der Waals surface area contributed by atoms with Crippen LogP contribution in [0.5, 0.6) is 0 Å². The standard InChI is InChI=1S/C9H10N4O2S2/c1-13(7-5-3-2-4-6-7)17(14,15)9-12-11-8(10)16-9/h2-6H,1H3,(H2,10,11). The number of aromatic nitrogens is 2. The van der Waals surface area contributed by atoms with Crippen LogP contribution < -0.4 is 10.0 Å². The summed E-state index contributed by atoms with van der Waals surface area (Å²) in [7, 11) is -2.21. The average molecular weight is 270 g/mol. The van der Waals surface area contributed by atoms with Gasteiger partial charge >= 0.3 is 0 Å². The fourth-order valence-electron chi connectivity index (χ4n) is 1.22. The van der Waals surface area contributed by atoms with Crippen LogP contribution in [0.2, 0.25) is 0 Å². The molecule has 2 N–H and O–H groups in total. The van der Waals surface area contributed by atoms with Crippen LogP contribution in [0.1, 0.15) is 0 Å². The van der Waals surface area contributed by atoms with Gasteiger partial charge in [-0.1, -0.05) is 29.5 Å². The molecule has 17 heavy (non-hydrogen) atoms. The van der Waals surface area contributed by atoms with Gasteiger partial charge in [0.2, 0.25) is 5.13 Å². The van der Waals surface area contributed by atoms with Crippen molar-refractivity contribution >= 4 is 32.2 Å². The molecule has 0 radical (unpaired) electrons. The molecule has 2 rings (SSSR count). The van der Waals surface area contributed by atoms with E-state index in [1.807, 2.05) is 6.07 Å². The van der Waals surface area contributed by atoms with Crippen LogP contribution in [-0.4, -0.2) is 25.7 Å². The molecule has 0 atom stereocenters. The van der Waals surface area contributed by atoms with E-state index in [9.17, 15) is 8.42 Å². The van der Waals surface area contributed by atoms with Gasteiger partial charge in [-0.15, -0.1) is 10.2 Å². The van der Waals surface area contributed by atoms with E-state index in [0.717, 1.165) is 15.6 Å². The summed E-state index contributed by atoms with van der Waals surface area (Å²) in [5.41, 5.74) is 5.93. The highest BCUT2D eigenvalue weighted by Crippen LogP contribution is 2.24. The Labute approximate surface area is 103 Å². The summed E-state index contributed by atoms with van der Waals surface area (Å²) < 4.78 is 25.3. The van der Waals surface area contributed by atoms with E-state index in [1.165, 1.54) is 7.05 Å². The van der Waals surface area contributed by atoms with Crippen LogP contribution >= 0.6 is 11.3 Å². The van der Waals surface area contributed by atoms with Crippen molar-refractivity contribution in [1.82, 2.24) is 10.2 Å². The molecule has 0 unspecified atom stereocenters. The minimum Gasteiger partial charge on any atom is -0.374 e. The molecule has 0 aliphatic carbocycles. The summed E-state index contributed by atoms with van der Waals surface area (Å²) in [5, 5.41) is 7.18. The van der Waals surface area contributed by atoms with Gasteiger partial charge in [0.05, 0.1) is 5.69 Å². The first-order valence-electron chi connectivity index (χ1n) is 4.65. The number of rotatable bonds is 3. The molecule has 6 nitrogen and oxygen atoms in total. The normalized spacial score (nSPS) is 11.4. The van der Waals surface area contributed by atoms with Gasteiger partial charge in [0.25, 0.3) is 14.4 Å². The first-order chi connectivity index (χ1) is 8.01. The quantitative estimate of drug-likeness (QED) is 0.896. The number of nitrogens with two attached hydrogens (primary N) is 1. The molecule has 1 heterocycles. The first kappa shape index (κ1) is 11.8. The van der Waals surface area contributed by atoms with E-state index in [1.54, 1.807) is 24.3 Å². The van der Waals surface area contributed by atoms with Gasteiger partial charge in [0.15, 0.2) is 0 Å². The SMILES string of the molecule is CN(c1ccccc1)S(=O)(=O)c1nnc(N)s1. The lowest BCUT2D eigenvalue weighted by molar-refractivity contribution is 0.592. The zero-order valence-electron chi connectivity index (χ0n) is 8.94. The molecule has 1 aromatic heterocycles. The summed E-state index contributed by atoms with van der Waals surface area (Å²) in [5.74, 6) is 0. The Morgan fingerprint density at radius 1 is 1.24 bits per heavy atom. The van der Waals surface area contributed by atoms with Crippen molar-refractivity contribution in [2.24, 2.45) is 0 Å². The fraction of sp³-hybridized carbons (Fsp3) is 0.111. The predicted octanol–water partition coefficient (Wildman–Crippen LogP) is 0.945. The second-order valence-electron chi connectivity index (χ2n) is 3.21. The Kier molecular flexibility index (Phi) is 2.99. The van der Waals surface area contributed by atoms with E-state index < -0.39 is 10.0 Å². The summed E-state index contributed by atoms with van der Waals surface area (Å²) in [6.07, 6.45) is 0. The molecule has 0 amide bonds. The number of sulfonamides is 1. The number of nitrogens with zero attached hydrogens (tertiary/aromatic N) is 3. The third-order valence-electron chi connectivity index (χ3n) is 2.12. The molecule has 0 aliphatic rings. The molecule has 0 aliphatic heterocycles. The van der Waals surface area contributed by atoms with Crippen molar-refractivity contribution in [2.75, 3.05) is 17.1 Å². The molecule has 0 saturated carbocycles. The zero-order valence-corrected chi connectivity index (χ0v) is 10.6. The van der Waals surface area contributed by atoms with E-state index in [-0.39, 0.29) is 9.47 Å². The molecule has 0 bridgehead atoms. The van der Waals surface area contributed by atoms with E-state index >= 15 is 0 Å². The van der Waals surface area contributed by atoms with Gasteiger partial charge in [-0.2, -0.15) is 8.42 Å². The third kappa shape index (κ3) is 2.22. The Bertz CT molecular complexity index is 609. The van der Waals surface area contributed by atoms with Crippen molar-refractivity contribution in [3.63, 3.8) is 0 Å². The van der Waals surface area contributed by atoms with E-state index in [4.69, 9.17) is 5.73 Å². The fourth-order valence-corrected chi connectivity index (χ4v) is 3.35. The third-order valence-corrected chi connectivity index (χ3v) is 5.01. The van der Waals surface area contributed by atoms with Gasteiger partial charge < -0.3 is 5.73 Å². The van der Waals surface area contributed by atoms with Gasteiger partial charge in [0, 0.05) is 7.05 Å². The lowest BCUT2D eigenvalue weighted by Crippen LogP contribution is -2.26. The molecule has 0 spiro atoms. The van der Waals surface area contributed by atoms with Gasteiger partial charge in [-0.25, -0.2) is 0 Å². The number of benzene rings is 1. The van der Waals surface area contributed by atoms with Crippen molar-refractivity contribution in [3.05, 3.63) is 30.3 Å². The summed E-state index contributed by atoms with van der Waals surface area (Å²) in [4.78, 5) is 0. The summed E-state index contributed by atoms with van der Waals surface area (Å²) in [6, 6.07) is 8.72. The maximum Gasteiger partial charge on any atom is 0.293 e. The number of para-hydroxylation sites is 1. The maximum absolute atomic E-state index is 12.1. The van der Waals surface area contributed by atoms with Crippen LogP contribution in [0, 0.1) is 0 Å². The van der Waals surface area contributed by atoms with Gasteiger partial charge in [0.1, 0.15) is 0 Å². The Balaban J connectivity index is 2.40.